The van der Waals surface area contributed by atoms with E-state index in [9.17, 15) is 9.50 Å². The summed E-state index contributed by atoms with van der Waals surface area (Å²) in [5, 5.41) is 12.6. The van der Waals surface area contributed by atoms with E-state index in [-0.39, 0.29) is 12.0 Å². The molecule has 0 bridgehead atoms. The molecular weight excluding hydrogens is 263 g/mol. The number of halogens is 1. The Balaban J connectivity index is 1.70. The third kappa shape index (κ3) is 4.28. The second-order valence-corrected chi connectivity index (χ2v) is 4.93. The van der Waals surface area contributed by atoms with E-state index in [0.717, 1.165) is 45.1 Å². The standard InChI is InChI=1S/C13H21FN4O2/c1-20-12-11(14)8-16-13(17-12)15-5-3-7-18-6-2-4-10(19)9-18/h8,10,19H,2-7,9H2,1H3,(H,15,16,17). The highest BCUT2D eigenvalue weighted by Crippen LogP contribution is 2.13. The van der Waals surface area contributed by atoms with Crippen LogP contribution < -0.4 is 10.1 Å². The van der Waals surface area contributed by atoms with E-state index >= 15 is 0 Å². The first-order valence-electron chi connectivity index (χ1n) is 6.90. The number of hydrogen-bond donors (Lipinski definition) is 2. The van der Waals surface area contributed by atoms with Crippen molar-refractivity contribution in [2.24, 2.45) is 0 Å². The molecule has 1 fully saturated rings. The zero-order valence-electron chi connectivity index (χ0n) is 11.7. The second kappa shape index (κ2) is 7.35. The molecule has 0 spiro atoms. The van der Waals surface area contributed by atoms with Gasteiger partial charge in [-0.05, 0) is 32.4 Å². The van der Waals surface area contributed by atoms with Gasteiger partial charge in [-0.2, -0.15) is 9.37 Å². The summed E-state index contributed by atoms with van der Waals surface area (Å²) in [7, 11) is 1.37. The first-order chi connectivity index (χ1) is 9.69. The van der Waals surface area contributed by atoms with Gasteiger partial charge in [-0.25, -0.2) is 4.98 Å². The van der Waals surface area contributed by atoms with Crippen molar-refractivity contribution in [1.82, 2.24) is 14.9 Å². The molecule has 1 atom stereocenters. The SMILES string of the molecule is COc1nc(NCCCN2CCCC(O)C2)ncc1F. The highest BCUT2D eigenvalue weighted by atomic mass is 19.1. The Labute approximate surface area is 118 Å². The Morgan fingerprint density at radius 2 is 2.45 bits per heavy atom. The largest absolute Gasteiger partial charge is 0.479 e. The van der Waals surface area contributed by atoms with Crippen LogP contribution in [0.5, 0.6) is 5.88 Å². The monoisotopic (exact) mass is 284 g/mol. The summed E-state index contributed by atoms with van der Waals surface area (Å²) in [5.74, 6) is -0.260. The summed E-state index contributed by atoms with van der Waals surface area (Å²) < 4.78 is 17.9. The molecule has 0 aromatic carbocycles. The number of rotatable bonds is 6. The quantitative estimate of drug-likeness (QED) is 0.756. The highest BCUT2D eigenvalue weighted by molar-refractivity contribution is 5.28. The smallest absolute Gasteiger partial charge is 0.255 e. The molecule has 1 aliphatic rings. The van der Waals surface area contributed by atoms with Crippen molar-refractivity contribution in [1.29, 1.82) is 0 Å². The first-order valence-corrected chi connectivity index (χ1v) is 6.90. The van der Waals surface area contributed by atoms with Crippen LogP contribution in [0.15, 0.2) is 6.20 Å². The van der Waals surface area contributed by atoms with Gasteiger partial charge in [0.1, 0.15) is 0 Å². The molecule has 0 aliphatic carbocycles. The van der Waals surface area contributed by atoms with Gasteiger partial charge in [-0.15, -0.1) is 0 Å². The van der Waals surface area contributed by atoms with Gasteiger partial charge < -0.3 is 20.1 Å². The van der Waals surface area contributed by atoms with E-state index < -0.39 is 5.82 Å². The maximum Gasteiger partial charge on any atom is 0.255 e. The lowest BCUT2D eigenvalue weighted by atomic mass is 10.1. The lowest BCUT2D eigenvalue weighted by Gasteiger charge is -2.29. The average molecular weight is 284 g/mol. The number of ether oxygens (including phenoxy) is 1. The van der Waals surface area contributed by atoms with Crippen LogP contribution in [0.4, 0.5) is 10.3 Å². The molecule has 20 heavy (non-hydrogen) atoms. The molecule has 7 heteroatoms. The van der Waals surface area contributed by atoms with Crippen LogP contribution in [-0.2, 0) is 0 Å². The van der Waals surface area contributed by atoms with Gasteiger partial charge in [0, 0.05) is 13.1 Å². The Hall–Kier alpha value is -1.47. The third-order valence-electron chi connectivity index (χ3n) is 3.32. The number of piperidine rings is 1. The second-order valence-electron chi connectivity index (χ2n) is 4.93. The number of β-amino-alcohol motifs (C(OH)–C–C–N with tert-alkyl or cyclic N) is 1. The van der Waals surface area contributed by atoms with Crippen LogP contribution >= 0.6 is 0 Å². The Morgan fingerprint density at radius 1 is 1.60 bits per heavy atom. The van der Waals surface area contributed by atoms with Crippen molar-refractivity contribution in [3.63, 3.8) is 0 Å². The first kappa shape index (κ1) is 14.9. The van der Waals surface area contributed by atoms with Crippen LogP contribution in [-0.4, -0.2) is 59.4 Å². The molecule has 0 radical (unpaired) electrons. The zero-order chi connectivity index (χ0) is 14.4. The van der Waals surface area contributed by atoms with Gasteiger partial charge in [0.05, 0.1) is 19.4 Å². The minimum atomic E-state index is -0.569. The zero-order valence-corrected chi connectivity index (χ0v) is 11.7. The van der Waals surface area contributed by atoms with Crippen molar-refractivity contribution < 1.29 is 14.2 Å². The Morgan fingerprint density at radius 3 is 3.20 bits per heavy atom. The van der Waals surface area contributed by atoms with Gasteiger partial charge in [0.25, 0.3) is 5.88 Å². The molecule has 0 amide bonds. The van der Waals surface area contributed by atoms with E-state index in [1.807, 2.05) is 0 Å². The lowest BCUT2D eigenvalue weighted by Crippen LogP contribution is -2.39. The summed E-state index contributed by atoms with van der Waals surface area (Å²) in [6.07, 6.45) is 3.76. The predicted molar refractivity (Wildman–Crippen MR) is 73.3 cm³/mol. The molecule has 1 saturated heterocycles. The highest BCUT2D eigenvalue weighted by Gasteiger charge is 2.16. The van der Waals surface area contributed by atoms with Crippen molar-refractivity contribution >= 4 is 5.95 Å². The molecule has 6 nitrogen and oxygen atoms in total. The van der Waals surface area contributed by atoms with Gasteiger partial charge in [0.2, 0.25) is 11.8 Å². The molecule has 1 aromatic heterocycles. The number of hydrogen-bond acceptors (Lipinski definition) is 6. The van der Waals surface area contributed by atoms with Crippen molar-refractivity contribution in [2.45, 2.75) is 25.4 Å². The molecule has 2 rings (SSSR count). The number of nitrogens with one attached hydrogen (secondary N) is 1. The number of methoxy groups -OCH3 is 1. The molecule has 2 N–H and O–H groups in total. The maximum absolute atomic E-state index is 13.1. The van der Waals surface area contributed by atoms with E-state index in [1.165, 1.54) is 7.11 Å². The number of nitrogens with zero attached hydrogens (tertiary/aromatic N) is 3. The minimum Gasteiger partial charge on any atom is -0.479 e. The summed E-state index contributed by atoms with van der Waals surface area (Å²) >= 11 is 0. The summed E-state index contributed by atoms with van der Waals surface area (Å²) in [4.78, 5) is 10.0. The molecule has 1 aliphatic heterocycles. The number of likely N-dealkylation sites (tertiary alicyclic amines) is 1. The number of aliphatic hydroxyl groups is 1. The van der Waals surface area contributed by atoms with E-state index in [1.54, 1.807) is 0 Å². The van der Waals surface area contributed by atoms with Crippen molar-refractivity contribution in [2.75, 3.05) is 38.6 Å². The number of anilines is 1. The predicted octanol–water partition coefficient (Wildman–Crippen LogP) is 0.883. The molecule has 1 aromatic rings. The van der Waals surface area contributed by atoms with Crippen LogP contribution in [0.1, 0.15) is 19.3 Å². The van der Waals surface area contributed by atoms with Crippen molar-refractivity contribution in [3.8, 4) is 5.88 Å². The Kier molecular flexibility index (Phi) is 5.49. The third-order valence-corrected chi connectivity index (χ3v) is 3.32. The fraction of sp³-hybridized carbons (Fsp3) is 0.692. The van der Waals surface area contributed by atoms with Gasteiger partial charge in [0.15, 0.2) is 0 Å². The van der Waals surface area contributed by atoms with Gasteiger partial charge in [-0.1, -0.05) is 0 Å². The molecular formula is C13H21FN4O2. The maximum atomic E-state index is 13.1. The number of aromatic nitrogens is 2. The van der Waals surface area contributed by atoms with Crippen LogP contribution in [0.2, 0.25) is 0 Å². The molecule has 2 heterocycles. The lowest BCUT2D eigenvalue weighted by molar-refractivity contribution is 0.0706. The molecule has 112 valence electrons. The topological polar surface area (TPSA) is 70.5 Å². The van der Waals surface area contributed by atoms with E-state index in [0.29, 0.717) is 12.5 Å². The van der Waals surface area contributed by atoms with Gasteiger partial charge >= 0.3 is 0 Å². The molecule has 1 unspecified atom stereocenters. The Bertz CT molecular complexity index is 433. The fourth-order valence-electron chi connectivity index (χ4n) is 2.32. The summed E-state index contributed by atoms with van der Waals surface area (Å²) in [6, 6.07) is 0. The summed E-state index contributed by atoms with van der Waals surface area (Å²) in [5.41, 5.74) is 0. The van der Waals surface area contributed by atoms with Gasteiger partial charge in [-0.3, -0.25) is 0 Å². The van der Waals surface area contributed by atoms with Crippen LogP contribution in [0.3, 0.4) is 0 Å². The molecule has 0 saturated carbocycles. The minimum absolute atomic E-state index is 0.0540. The fourth-order valence-corrected chi connectivity index (χ4v) is 2.32. The number of aliphatic hydroxyl groups excluding tert-OH is 1. The van der Waals surface area contributed by atoms with Crippen LogP contribution in [0.25, 0.3) is 0 Å². The summed E-state index contributed by atoms with van der Waals surface area (Å²) in [6.45, 7) is 3.41. The van der Waals surface area contributed by atoms with E-state index in [2.05, 4.69) is 20.2 Å². The van der Waals surface area contributed by atoms with E-state index in [4.69, 9.17) is 4.74 Å². The average Bonchev–Trinajstić information content (AvgIpc) is 2.45. The normalized spacial score (nSPS) is 19.9. The van der Waals surface area contributed by atoms with Crippen molar-refractivity contribution in [3.05, 3.63) is 12.0 Å². The van der Waals surface area contributed by atoms with Crippen LogP contribution in [0, 0.1) is 5.82 Å².